The smallest absolute Gasteiger partial charge is 0.360 e. The van der Waals surface area contributed by atoms with Gasteiger partial charge in [0.2, 0.25) is 0 Å². The number of hydrogen-bond donors (Lipinski definition) is 0. The Hall–Kier alpha value is -1.16. The lowest BCUT2D eigenvalue weighted by atomic mass is 10.2. The third kappa shape index (κ3) is 2.50. The van der Waals surface area contributed by atoms with E-state index in [0.29, 0.717) is 10.9 Å². The van der Waals surface area contributed by atoms with Crippen LogP contribution in [0.2, 0.25) is 0 Å². The predicted molar refractivity (Wildman–Crippen MR) is 59.0 cm³/mol. The molecule has 0 atom stereocenters. The van der Waals surface area contributed by atoms with Crippen molar-refractivity contribution in [2.24, 2.45) is 0 Å². The molecular weight excluding hydrogens is 231 g/mol. The zero-order valence-electron chi connectivity index (χ0n) is 9.30. The maximum absolute atomic E-state index is 12.0. The molecule has 0 saturated heterocycles. The second kappa shape index (κ2) is 5.25. The number of methoxy groups -OCH3 is 1. The molecule has 1 rings (SSSR count). The Labute approximate surface area is 93.9 Å². The average molecular weight is 244 g/mol. The minimum absolute atomic E-state index is 0.300. The molecule has 0 aliphatic carbocycles. The van der Waals surface area contributed by atoms with Crippen molar-refractivity contribution in [2.75, 3.05) is 21.3 Å². The van der Waals surface area contributed by atoms with E-state index in [1.165, 1.54) is 27.4 Å². The van der Waals surface area contributed by atoms with Crippen molar-refractivity contribution in [1.29, 1.82) is 0 Å². The Balaban J connectivity index is 3.17. The molecule has 0 aliphatic heterocycles. The lowest BCUT2D eigenvalue weighted by Crippen LogP contribution is -2.11. The summed E-state index contributed by atoms with van der Waals surface area (Å²) in [4.78, 5) is 11.3. The number of ether oxygens (including phenoxy) is 1. The maximum Gasteiger partial charge on any atom is 0.360 e. The quantitative estimate of drug-likeness (QED) is 0.594. The normalized spacial score (nSPS) is 11.2. The van der Waals surface area contributed by atoms with Crippen LogP contribution in [0.4, 0.5) is 0 Å². The van der Waals surface area contributed by atoms with Gasteiger partial charge in [-0.2, -0.15) is 0 Å². The Morgan fingerprint density at radius 2 is 1.81 bits per heavy atom. The molecular formula is C10H13O5P. The lowest BCUT2D eigenvalue weighted by Gasteiger charge is -2.13. The molecule has 88 valence electrons. The van der Waals surface area contributed by atoms with Crippen LogP contribution in [0.25, 0.3) is 0 Å². The van der Waals surface area contributed by atoms with E-state index >= 15 is 0 Å². The largest absolute Gasteiger partial charge is 0.465 e. The van der Waals surface area contributed by atoms with Crippen molar-refractivity contribution in [2.45, 2.75) is 0 Å². The molecule has 0 bridgehead atoms. The fraction of sp³-hybridized carbons (Fsp3) is 0.300. The van der Waals surface area contributed by atoms with E-state index in [-0.39, 0.29) is 0 Å². The molecule has 0 fully saturated rings. The standard InChI is InChI=1S/C10H13O5P/c1-13-10(11)8-5-4-6-9(7-8)16(12,14-2)15-3/h4-7H,1-3H3. The Kier molecular flexibility index (Phi) is 4.24. The average Bonchev–Trinajstić information content (AvgIpc) is 2.37. The van der Waals surface area contributed by atoms with Gasteiger partial charge in [0.1, 0.15) is 0 Å². The molecule has 1 aromatic carbocycles. The van der Waals surface area contributed by atoms with Crippen molar-refractivity contribution in [3.63, 3.8) is 0 Å². The van der Waals surface area contributed by atoms with Crippen molar-refractivity contribution in [3.05, 3.63) is 29.8 Å². The fourth-order valence-electron chi connectivity index (χ4n) is 1.21. The highest BCUT2D eigenvalue weighted by molar-refractivity contribution is 7.62. The lowest BCUT2D eigenvalue weighted by molar-refractivity contribution is 0.0601. The summed E-state index contributed by atoms with van der Waals surface area (Å²) in [5.41, 5.74) is 0.300. The summed E-state index contributed by atoms with van der Waals surface area (Å²) < 4.78 is 26.2. The molecule has 6 heteroatoms. The monoisotopic (exact) mass is 244 g/mol. The van der Waals surface area contributed by atoms with Crippen LogP contribution in [0.1, 0.15) is 10.4 Å². The van der Waals surface area contributed by atoms with Gasteiger partial charge < -0.3 is 13.8 Å². The second-order valence-corrected chi connectivity index (χ2v) is 5.15. The molecule has 0 N–H and O–H groups in total. The van der Waals surface area contributed by atoms with E-state index in [1.54, 1.807) is 18.2 Å². The van der Waals surface area contributed by atoms with Crippen molar-refractivity contribution < 1.29 is 23.1 Å². The molecule has 0 unspecified atom stereocenters. The first-order valence-corrected chi connectivity index (χ1v) is 6.02. The summed E-state index contributed by atoms with van der Waals surface area (Å²) in [6.07, 6.45) is 0. The first kappa shape index (κ1) is 12.9. The van der Waals surface area contributed by atoms with Crippen LogP contribution in [-0.4, -0.2) is 27.3 Å². The van der Waals surface area contributed by atoms with Crippen LogP contribution in [0.5, 0.6) is 0 Å². The van der Waals surface area contributed by atoms with Gasteiger partial charge in [0, 0.05) is 14.2 Å². The van der Waals surface area contributed by atoms with Gasteiger partial charge in [0.25, 0.3) is 0 Å². The summed E-state index contributed by atoms with van der Waals surface area (Å²) in [5, 5.41) is 0.320. The Morgan fingerprint density at radius 1 is 1.19 bits per heavy atom. The van der Waals surface area contributed by atoms with Crippen molar-refractivity contribution >= 4 is 18.9 Å². The van der Waals surface area contributed by atoms with Gasteiger partial charge in [-0.25, -0.2) is 4.79 Å². The summed E-state index contributed by atoms with van der Waals surface area (Å²) in [5.74, 6) is -0.499. The van der Waals surface area contributed by atoms with Crippen LogP contribution >= 0.6 is 7.60 Å². The topological polar surface area (TPSA) is 61.8 Å². The van der Waals surface area contributed by atoms with Crippen LogP contribution in [0.3, 0.4) is 0 Å². The molecule has 5 nitrogen and oxygen atoms in total. The summed E-state index contributed by atoms with van der Waals surface area (Å²) in [6, 6.07) is 6.15. The molecule has 1 aromatic rings. The van der Waals surface area contributed by atoms with Gasteiger partial charge in [-0.1, -0.05) is 6.07 Å². The van der Waals surface area contributed by atoms with Crippen molar-refractivity contribution in [1.82, 2.24) is 0 Å². The fourth-order valence-corrected chi connectivity index (χ4v) is 2.34. The number of hydrogen-bond acceptors (Lipinski definition) is 5. The SMILES string of the molecule is COC(=O)c1cccc(P(=O)(OC)OC)c1. The van der Waals surface area contributed by atoms with Crippen molar-refractivity contribution in [3.8, 4) is 0 Å². The maximum atomic E-state index is 12.0. The number of rotatable bonds is 4. The van der Waals surface area contributed by atoms with E-state index < -0.39 is 13.6 Å². The predicted octanol–water partition coefficient (Wildman–Crippen LogP) is 1.58. The molecule has 0 amide bonds. The van der Waals surface area contributed by atoms with Gasteiger partial charge >= 0.3 is 13.6 Å². The van der Waals surface area contributed by atoms with Gasteiger partial charge in [-0.15, -0.1) is 0 Å². The third-order valence-corrected chi connectivity index (χ3v) is 3.94. The third-order valence-electron chi connectivity index (χ3n) is 2.06. The van der Waals surface area contributed by atoms with E-state index in [0.717, 1.165) is 0 Å². The zero-order chi connectivity index (χ0) is 12.2. The molecule has 16 heavy (non-hydrogen) atoms. The highest BCUT2D eigenvalue weighted by atomic mass is 31.2. The highest BCUT2D eigenvalue weighted by Crippen LogP contribution is 2.44. The van der Waals surface area contributed by atoms with Crippen LogP contribution in [0.15, 0.2) is 24.3 Å². The van der Waals surface area contributed by atoms with Gasteiger partial charge in [0.15, 0.2) is 0 Å². The first-order valence-electron chi connectivity index (χ1n) is 4.48. The molecule has 0 saturated carbocycles. The van der Waals surface area contributed by atoms with Gasteiger partial charge in [0.05, 0.1) is 18.0 Å². The first-order chi connectivity index (χ1) is 7.57. The Bertz CT molecular complexity index is 421. The summed E-state index contributed by atoms with van der Waals surface area (Å²) in [6.45, 7) is 0. The highest BCUT2D eigenvalue weighted by Gasteiger charge is 2.25. The second-order valence-electron chi connectivity index (χ2n) is 2.90. The Morgan fingerprint density at radius 3 is 2.31 bits per heavy atom. The van der Waals surface area contributed by atoms with Crippen LogP contribution in [-0.2, 0) is 18.3 Å². The molecule has 0 radical (unpaired) electrons. The number of carbonyl (C=O) groups is 1. The number of benzene rings is 1. The number of esters is 1. The van der Waals surface area contributed by atoms with Crippen LogP contribution < -0.4 is 5.30 Å². The minimum atomic E-state index is -3.32. The zero-order valence-corrected chi connectivity index (χ0v) is 10.2. The van der Waals surface area contributed by atoms with Gasteiger partial charge in [-0.3, -0.25) is 4.57 Å². The molecule has 0 aromatic heterocycles. The van der Waals surface area contributed by atoms with E-state index in [9.17, 15) is 9.36 Å². The van der Waals surface area contributed by atoms with Gasteiger partial charge in [-0.05, 0) is 18.2 Å². The van der Waals surface area contributed by atoms with E-state index in [1.807, 2.05) is 0 Å². The summed E-state index contributed by atoms with van der Waals surface area (Å²) >= 11 is 0. The summed E-state index contributed by atoms with van der Waals surface area (Å²) in [7, 11) is 0.534. The molecule has 0 spiro atoms. The minimum Gasteiger partial charge on any atom is -0.465 e. The van der Waals surface area contributed by atoms with Crippen LogP contribution in [0, 0.1) is 0 Å². The molecule has 0 aliphatic rings. The molecule has 0 heterocycles. The number of carbonyl (C=O) groups excluding carboxylic acids is 1. The van der Waals surface area contributed by atoms with E-state index in [4.69, 9.17) is 9.05 Å². The van der Waals surface area contributed by atoms with E-state index in [2.05, 4.69) is 4.74 Å².